The smallest absolute Gasteiger partial charge is 0.339 e. The molecule has 3 rings (SSSR count). The molecule has 0 bridgehead atoms. The van der Waals surface area contributed by atoms with Gasteiger partial charge in [0.2, 0.25) is 5.91 Å². The number of hydrogen-bond donors (Lipinski definition) is 2. The molecule has 1 unspecified atom stereocenters. The molecule has 1 aromatic carbocycles. The Morgan fingerprint density at radius 3 is 2.71 bits per heavy atom. The van der Waals surface area contributed by atoms with E-state index in [0.717, 1.165) is 0 Å². The minimum Gasteiger partial charge on any atom is -0.458 e. The average Bonchev–Trinajstić information content (AvgIpc) is 3.11. The third kappa shape index (κ3) is 5.64. The van der Waals surface area contributed by atoms with Crippen LogP contribution in [0.2, 0.25) is 0 Å². The van der Waals surface area contributed by atoms with Crippen LogP contribution in [0, 0.1) is 5.82 Å². The van der Waals surface area contributed by atoms with Crippen molar-refractivity contribution >= 4 is 34.8 Å². The van der Waals surface area contributed by atoms with E-state index in [1.165, 1.54) is 19.9 Å². The van der Waals surface area contributed by atoms with Crippen LogP contribution in [0.15, 0.2) is 30.4 Å². The number of benzene rings is 1. The van der Waals surface area contributed by atoms with Crippen LogP contribution in [0.4, 0.5) is 4.39 Å². The summed E-state index contributed by atoms with van der Waals surface area (Å²) in [4.78, 5) is 46.2. The number of ketones is 1. The van der Waals surface area contributed by atoms with Gasteiger partial charge in [-0.25, -0.2) is 9.18 Å². The van der Waals surface area contributed by atoms with Crippen molar-refractivity contribution in [3.05, 3.63) is 47.3 Å². The van der Waals surface area contributed by atoms with Crippen molar-refractivity contribution in [2.75, 3.05) is 19.7 Å². The van der Waals surface area contributed by atoms with Crippen molar-refractivity contribution in [2.24, 2.45) is 0 Å². The lowest BCUT2D eigenvalue weighted by Crippen LogP contribution is -2.40. The summed E-state index contributed by atoms with van der Waals surface area (Å²) in [5, 5.41) is 5.58. The molecule has 1 aromatic rings. The maximum Gasteiger partial charge on any atom is 0.339 e. The van der Waals surface area contributed by atoms with Crippen molar-refractivity contribution in [3.63, 3.8) is 0 Å². The van der Waals surface area contributed by atoms with Gasteiger partial charge in [0.15, 0.2) is 12.4 Å². The number of carbonyl (C=O) groups excluding carboxylic acids is 4. The van der Waals surface area contributed by atoms with Crippen molar-refractivity contribution < 1.29 is 33.0 Å². The van der Waals surface area contributed by atoms with Gasteiger partial charge in [0.25, 0.3) is 0 Å². The highest BCUT2D eigenvalue weighted by Gasteiger charge is 2.28. The number of Topliss-reactive ketones (excluding diaryl/α,β-unsaturated/α-hetero) is 1. The molecule has 0 aliphatic carbocycles. The maximum absolute atomic E-state index is 14.9. The Hall–Kier alpha value is -3.33. The predicted octanol–water partition coefficient (Wildman–Crippen LogP) is 1.15. The average molecular weight is 430 g/mol. The molecule has 8 nitrogen and oxygen atoms in total. The highest BCUT2D eigenvalue weighted by molar-refractivity contribution is 6.18. The van der Waals surface area contributed by atoms with Gasteiger partial charge in [-0.1, -0.05) is 18.2 Å². The number of halogens is 1. The van der Waals surface area contributed by atoms with E-state index in [2.05, 4.69) is 10.6 Å². The van der Waals surface area contributed by atoms with Crippen molar-refractivity contribution in [1.82, 2.24) is 10.6 Å². The lowest BCUT2D eigenvalue weighted by Gasteiger charge is -2.22. The summed E-state index contributed by atoms with van der Waals surface area (Å²) < 4.78 is 24.8. The van der Waals surface area contributed by atoms with E-state index in [4.69, 9.17) is 9.47 Å². The first-order valence-electron chi connectivity index (χ1n) is 9.82. The van der Waals surface area contributed by atoms with Crippen LogP contribution < -0.4 is 10.6 Å². The quantitative estimate of drug-likeness (QED) is 0.625. The molecular weight excluding hydrogens is 407 g/mol. The molecule has 2 aliphatic rings. The van der Waals surface area contributed by atoms with E-state index in [-0.39, 0.29) is 30.4 Å². The molecule has 0 spiro atoms. The highest BCUT2D eigenvalue weighted by atomic mass is 19.1. The van der Waals surface area contributed by atoms with E-state index in [0.29, 0.717) is 29.7 Å². The van der Waals surface area contributed by atoms with E-state index in [1.54, 1.807) is 24.3 Å². The summed E-state index contributed by atoms with van der Waals surface area (Å²) in [6.07, 6.45) is 3.09. The third-order valence-electron chi connectivity index (χ3n) is 4.90. The zero-order chi connectivity index (χ0) is 22.5. The van der Waals surface area contributed by atoms with Gasteiger partial charge in [0.05, 0.1) is 18.2 Å². The summed E-state index contributed by atoms with van der Waals surface area (Å²) in [6.45, 7) is 2.84. The normalized spacial score (nSPS) is 20.4. The van der Waals surface area contributed by atoms with Gasteiger partial charge in [0, 0.05) is 26.0 Å². The van der Waals surface area contributed by atoms with Gasteiger partial charge in [-0.2, -0.15) is 0 Å². The number of nitrogens with one attached hydrogen (secondary N) is 2. The Morgan fingerprint density at radius 1 is 1.26 bits per heavy atom. The SMILES string of the molecule is CC(=O)NC[C@H]1C=C(c2ccc(C3=CC(C(=O)COC(C)=O)NCC3)c(F)c2)C(=O)O1. The second-order valence-electron chi connectivity index (χ2n) is 7.28. The van der Waals surface area contributed by atoms with E-state index >= 15 is 0 Å². The molecule has 0 radical (unpaired) electrons. The number of rotatable bonds is 7. The van der Waals surface area contributed by atoms with Gasteiger partial charge in [0.1, 0.15) is 11.9 Å². The molecule has 2 N–H and O–H groups in total. The Labute approximate surface area is 178 Å². The topological polar surface area (TPSA) is 111 Å². The zero-order valence-electron chi connectivity index (χ0n) is 17.2. The molecule has 0 saturated heterocycles. The Bertz CT molecular complexity index is 984. The van der Waals surface area contributed by atoms with Gasteiger partial charge in [-0.05, 0) is 29.7 Å². The van der Waals surface area contributed by atoms with Crippen LogP contribution in [0.3, 0.4) is 0 Å². The first-order valence-corrected chi connectivity index (χ1v) is 9.82. The molecule has 0 aromatic heterocycles. The second-order valence-corrected chi connectivity index (χ2v) is 7.28. The van der Waals surface area contributed by atoms with Crippen molar-refractivity contribution in [2.45, 2.75) is 32.4 Å². The molecule has 2 heterocycles. The molecule has 2 atom stereocenters. The first-order chi connectivity index (χ1) is 14.7. The van der Waals surface area contributed by atoms with Crippen LogP contribution in [-0.2, 0) is 28.7 Å². The number of amides is 1. The van der Waals surface area contributed by atoms with Gasteiger partial charge < -0.3 is 20.1 Å². The number of esters is 2. The third-order valence-corrected chi connectivity index (χ3v) is 4.90. The Kier molecular flexibility index (Phi) is 6.96. The van der Waals surface area contributed by atoms with Crippen molar-refractivity contribution in [3.8, 4) is 0 Å². The minimum atomic E-state index is -0.677. The molecule has 31 heavy (non-hydrogen) atoms. The molecule has 2 aliphatic heterocycles. The standard InChI is InChI=1S/C22H23FN2O6/c1-12(26)25-10-16-9-18(22(29)31-16)14-3-4-17(19(23)7-14)15-5-6-24-20(8-15)21(28)11-30-13(2)27/h3-4,7-9,16,20,24H,5-6,10-11H2,1-2H3,(H,25,26)/t16-,20?/m1/s1. The number of hydrogen-bond acceptors (Lipinski definition) is 7. The fourth-order valence-electron chi connectivity index (χ4n) is 3.39. The predicted molar refractivity (Wildman–Crippen MR) is 109 cm³/mol. The van der Waals surface area contributed by atoms with E-state index in [1.807, 2.05) is 0 Å². The van der Waals surface area contributed by atoms with Crippen LogP contribution >= 0.6 is 0 Å². The van der Waals surface area contributed by atoms with E-state index < -0.39 is 29.9 Å². The summed E-state index contributed by atoms with van der Waals surface area (Å²) in [6, 6.07) is 3.75. The fraction of sp³-hybridized carbons (Fsp3) is 0.364. The summed E-state index contributed by atoms with van der Waals surface area (Å²) in [5.41, 5.74) is 1.58. The number of ether oxygens (including phenoxy) is 2. The van der Waals surface area contributed by atoms with Crippen LogP contribution in [0.1, 0.15) is 31.4 Å². The lowest BCUT2D eigenvalue weighted by molar-refractivity contribution is -0.146. The van der Waals surface area contributed by atoms with E-state index in [9.17, 15) is 23.6 Å². The maximum atomic E-state index is 14.9. The highest BCUT2D eigenvalue weighted by Crippen LogP contribution is 2.29. The lowest BCUT2D eigenvalue weighted by atomic mass is 9.93. The summed E-state index contributed by atoms with van der Waals surface area (Å²) in [7, 11) is 0. The van der Waals surface area contributed by atoms with Crippen LogP contribution in [-0.4, -0.2) is 55.5 Å². The number of cyclic esters (lactones) is 1. The summed E-state index contributed by atoms with van der Waals surface area (Å²) in [5.74, 6) is -2.23. The monoisotopic (exact) mass is 430 g/mol. The first kappa shape index (κ1) is 22.4. The fourth-order valence-corrected chi connectivity index (χ4v) is 3.39. The molecule has 164 valence electrons. The summed E-state index contributed by atoms with van der Waals surface area (Å²) >= 11 is 0. The molecular formula is C22H23FN2O6. The van der Waals surface area contributed by atoms with Crippen LogP contribution in [0.5, 0.6) is 0 Å². The molecule has 0 saturated carbocycles. The Morgan fingerprint density at radius 2 is 2.03 bits per heavy atom. The van der Waals surface area contributed by atoms with Gasteiger partial charge in [-0.15, -0.1) is 0 Å². The van der Waals surface area contributed by atoms with Crippen LogP contribution in [0.25, 0.3) is 11.1 Å². The molecule has 0 fully saturated rings. The van der Waals surface area contributed by atoms with Crippen molar-refractivity contribution in [1.29, 1.82) is 0 Å². The second kappa shape index (κ2) is 9.65. The largest absolute Gasteiger partial charge is 0.458 e. The van der Waals surface area contributed by atoms with Gasteiger partial charge in [-0.3, -0.25) is 14.4 Å². The molecule has 9 heteroatoms. The van der Waals surface area contributed by atoms with Gasteiger partial charge >= 0.3 is 11.9 Å². The number of carbonyl (C=O) groups is 4. The minimum absolute atomic E-state index is 0.147. The molecule has 1 amide bonds. The Balaban J connectivity index is 1.76. The zero-order valence-corrected chi connectivity index (χ0v) is 17.2.